The van der Waals surface area contributed by atoms with Crippen molar-refractivity contribution in [1.29, 1.82) is 0 Å². The van der Waals surface area contributed by atoms with Crippen molar-refractivity contribution in [2.24, 2.45) is 0 Å². The number of nitrogens with zero attached hydrogens (tertiary/aromatic N) is 4. The highest BCUT2D eigenvalue weighted by molar-refractivity contribution is 6.30. The molecular weight excluding hydrogens is 619 g/mol. The number of alkyl halides is 3. The van der Waals surface area contributed by atoms with E-state index in [9.17, 15) is 22.8 Å². The summed E-state index contributed by atoms with van der Waals surface area (Å²) in [4.78, 5) is 39.1. The van der Waals surface area contributed by atoms with Gasteiger partial charge in [0.05, 0.1) is 23.3 Å². The van der Waals surface area contributed by atoms with E-state index in [1.807, 2.05) is 49.1 Å². The lowest BCUT2D eigenvalue weighted by molar-refractivity contribution is -0.138. The van der Waals surface area contributed by atoms with Crippen LogP contribution in [0.15, 0.2) is 79.3 Å². The zero-order chi connectivity index (χ0) is 32.8. The monoisotopic (exact) mass is 651 g/mol. The number of carbonyl (C=O) groups excluding carboxylic acids is 2. The van der Waals surface area contributed by atoms with Gasteiger partial charge in [0.2, 0.25) is 5.88 Å². The van der Waals surface area contributed by atoms with Crippen LogP contribution >= 0.6 is 11.6 Å². The van der Waals surface area contributed by atoms with Crippen molar-refractivity contribution in [2.45, 2.75) is 39.0 Å². The predicted molar refractivity (Wildman–Crippen MR) is 170 cm³/mol. The van der Waals surface area contributed by atoms with Gasteiger partial charge in [0.1, 0.15) is 0 Å². The molecule has 0 radical (unpaired) electrons. The van der Waals surface area contributed by atoms with Crippen LogP contribution in [0.4, 0.5) is 18.9 Å². The van der Waals surface area contributed by atoms with Crippen molar-refractivity contribution >= 4 is 29.1 Å². The Bertz CT molecular complexity index is 1700. The first kappa shape index (κ1) is 32.7. The van der Waals surface area contributed by atoms with Crippen LogP contribution in [0, 0.1) is 0 Å². The first-order chi connectivity index (χ1) is 22.1. The fourth-order valence-electron chi connectivity index (χ4n) is 5.59. The fraction of sp³-hybridized carbons (Fsp3) is 0.294. The number of piperazine rings is 1. The average Bonchev–Trinajstić information content (AvgIpc) is 3.07. The van der Waals surface area contributed by atoms with Crippen molar-refractivity contribution in [3.05, 3.63) is 107 Å². The van der Waals surface area contributed by atoms with Gasteiger partial charge in [-0.25, -0.2) is 4.98 Å². The van der Waals surface area contributed by atoms with Crippen LogP contribution in [0.25, 0.3) is 11.1 Å². The van der Waals surface area contributed by atoms with Crippen LogP contribution in [0.2, 0.25) is 5.02 Å². The summed E-state index contributed by atoms with van der Waals surface area (Å²) in [5, 5.41) is 2.90. The molecule has 5 rings (SSSR count). The Labute approximate surface area is 270 Å². The van der Waals surface area contributed by atoms with Gasteiger partial charge in [-0.1, -0.05) is 24.6 Å². The Morgan fingerprint density at radius 3 is 2.50 bits per heavy atom. The molecule has 0 bridgehead atoms. The van der Waals surface area contributed by atoms with E-state index in [-0.39, 0.29) is 36.6 Å². The number of nitrogens with one attached hydrogen (secondary N) is 1. The molecule has 2 aromatic heterocycles. The first-order valence-electron chi connectivity index (χ1n) is 14.9. The number of hydrogen-bond donors (Lipinski definition) is 1. The molecule has 1 aliphatic heterocycles. The summed E-state index contributed by atoms with van der Waals surface area (Å²) < 4.78 is 47.2. The Morgan fingerprint density at radius 1 is 1.00 bits per heavy atom. The standard InChI is InChI=1S/C34H33ClF3N5O3/c1-3-25-21-42(33(45)27-9-8-24(35)19-29(27)34(36,37)38)16-17-43(25)30-10-7-23(26-6-5-13-40-32(26)46-4-2)18-28(30)31(44)41-20-22-11-14-39-15-12-22/h5-15,18-19,25H,3-4,16-17,20-21H2,1-2H3,(H,41,44)/t25-/m1/s1. The van der Waals surface area contributed by atoms with Crippen LogP contribution in [0.1, 0.15) is 52.1 Å². The lowest BCUT2D eigenvalue weighted by Gasteiger charge is -2.43. The Kier molecular flexibility index (Phi) is 10.1. The van der Waals surface area contributed by atoms with Crippen molar-refractivity contribution in [3.8, 4) is 17.0 Å². The number of pyridine rings is 2. The number of amides is 2. The smallest absolute Gasteiger partial charge is 0.417 e. The van der Waals surface area contributed by atoms with Gasteiger partial charge in [0, 0.05) is 67.1 Å². The van der Waals surface area contributed by atoms with E-state index in [4.69, 9.17) is 16.3 Å². The molecule has 12 heteroatoms. The van der Waals surface area contributed by atoms with Gasteiger partial charge >= 0.3 is 6.18 Å². The summed E-state index contributed by atoms with van der Waals surface area (Å²) in [7, 11) is 0. The van der Waals surface area contributed by atoms with E-state index < -0.39 is 23.2 Å². The highest BCUT2D eigenvalue weighted by Gasteiger charge is 2.38. The Hall–Kier alpha value is -4.64. The SMILES string of the molecule is CCOc1ncccc1-c1ccc(N2CCN(C(=O)c3ccc(Cl)cc3C(F)(F)F)C[C@H]2CC)c(C(=O)NCc2ccncc2)c1. The van der Waals surface area contributed by atoms with Crippen molar-refractivity contribution < 1.29 is 27.5 Å². The van der Waals surface area contributed by atoms with Gasteiger partial charge in [-0.3, -0.25) is 14.6 Å². The summed E-state index contributed by atoms with van der Waals surface area (Å²) in [6.45, 7) is 5.15. The molecule has 1 saturated heterocycles. The first-order valence-corrected chi connectivity index (χ1v) is 15.3. The van der Waals surface area contributed by atoms with Crippen LogP contribution in [-0.4, -0.2) is 59.0 Å². The Balaban J connectivity index is 1.47. The number of benzene rings is 2. The average molecular weight is 652 g/mol. The molecule has 1 N–H and O–H groups in total. The maximum absolute atomic E-state index is 13.8. The van der Waals surface area contributed by atoms with E-state index in [1.165, 1.54) is 11.0 Å². The molecule has 3 heterocycles. The summed E-state index contributed by atoms with van der Waals surface area (Å²) in [5.41, 5.74) is 1.90. The maximum Gasteiger partial charge on any atom is 0.417 e. The quantitative estimate of drug-likeness (QED) is 0.212. The minimum Gasteiger partial charge on any atom is -0.478 e. The third kappa shape index (κ3) is 7.25. The topological polar surface area (TPSA) is 87.7 Å². The predicted octanol–water partition coefficient (Wildman–Crippen LogP) is 6.89. The highest BCUT2D eigenvalue weighted by Crippen LogP contribution is 2.36. The third-order valence-corrected chi connectivity index (χ3v) is 8.11. The van der Waals surface area contributed by atoms with Gasteiger partial charge in [-0.15, -0.1) is 0 Å². The minimum atomic E-state index is -4.74. The number of rotatable bonds is 9. The molecular formula is C34H33ClF3N5O3. The number of halogens is 4. The van der Waals surface area contributed by atoms with Gasteiger partial charge in [0.25, 0.3) is 11.8 Å². The molecule has 0 aliphatic carbocycles. The van der Waals surface area contributed by atoms with E-state index in [1.54, 1.807) is 30.7 Å². The van der Waals surface area contributed by atoms with Gasteiger partial charge in [-0.05, 0) is 79.1 Å². The second-order valence-corrected chi connectivity index (χ2v) is 11.2. The summed E-state index contributed by atoms with van der Waals surface area (Å²) in [6.07, 6.45) is 0.782. The molecule has 0 spiro atoms. The molecule has 2 aromatic carbocycles. The molecule has 8 nitrogen and oxygen atoms in total. The van der Waals surface area contributed by atoms with E-state index in [0.29, 0.717) is 36.7 Å². The lowest BCUT2D eigenvalue weighted by atomic mass is 9.98. The third-order valence-electron chi connectivity index (χ3n) is 7.87. The molecule has 4 aromatic rings. The molecule has 1 aliphatic rings. The fourth-order valence-corrected chi connectivity index (χ4v) is 5.76. The summed E-state index contributed by atoms with van der Waals surface area (Å²) in [6, 6.07) is 15.8. The number of ether oxygens (including phenoxy) is 1. The molecule has 0 saturated carbocycles. The molecule has 2 amide bonds. The van der Waals surface area contributed by atoms with Crippen LogP contribution in [0.5, 0.6) is 5.88 Å². The van der Waals surface area contributed by atoms with Gasteiger partial charge in [0.15, 0.2) is 0 Å². The second kappa shape index (κ2) is 14.2. The minimum absolute atomic E-state index is 0.0991. The number of hydrogen-bond acceptors (Lipinski definition) is 6. The van der Waals surface area contributed by atoms with E-state index in [2.05, 4.69) is 15.3 Å². The number of anilines is 1. The van der Waals surface area contributed by atoms with Crippen molar-refractivity contribution in [2.75, 3.05) is 31.1 Å². The van der Waals surface area contributed by atoms with Crippen LogP contribution < -0.4 is 15.0 Å². The second-order valence-electron chi connectivity index (χ2n) is 10.8. The molecule has 1 fully saturated rings. The lowest BCUT2D eigenvalue weighted by Crippen LogP contribution is -2.55. The molecule has 240 valence electrons. The summed E-state index contributed by atoms with van der Waals surface area (Å²) in [5.74, 6) is -0.576. The number of aromatic nitrogens is 2. The van der Waals surface area contributed by atoms with Crippen LogP contribution in [-0.2, 0) is 12.7 Å². The van der Waals surface area contributed by atoms with Crippen LogP contribution in [0.3, 0.4) is 0 Å². The van der Waals surface area contributed by atoms with E-state index in [0.717, 1.165) is 28.8 Å². The van der Waals surface area contributed by atoms with Crippen molar-refractivity contribution in [1.82, 2.24) is 20.2 Å². The molecule has 1 atom stereocenters. The molecule has 46 heavy (non-hydrogen) atoms. The zero-order valence-corrected chi connectivity index (χ0v) is 26.1. The van der Waals surface area contributed by atoms with E-state index >= 15 is 0 Å². The Morgan fingerprint density at radius 2 is 1.78 bits per heavy atom. The maximum atomic E-state index is 13.8. The van der Waals surface area contributed by atoms with Gasteiger partial charge in [-0.2, -0.15) is 13.2 Å². The normalized spacial score (nSPS) is 15.0. The molecule has 0 unspecified atom stereocenters. The summed E-state index contributed by atoms with van der Waals surface area (Å²) >= 11 is 5.84. The van der Waals surface area contributed by atoms with Crippen molar-refractivity contribution in [3.63, 3.8) is 0 Å². The zero-order valence-electron chi connectivity index (χ0n) is 25.4. The highest BCUT2D eigenvalue weighted by atomic mass is 35.5. The largest absolute Gasteiger partial charge is 0.478 e. The van der Waals surface area contributed by atoms with Gasteiger partial charge < -0.3 is 19.9 Å². The number of carbonyl (C=O) groups is 2.